The number of anilines is 1. The van der Waals surface area contributed by atoms with Gasteiger partial charge in [-0.15, -0.1) is 0 Å². The van der Waals surface area contributed by atoms with Crippen LogP contribution < -0.4 is 11.1 Å². The first-order chi connectivity index (χ1) is 7.27. The summed E-state index contributed by atoms with van der Waals surface area (Å²) in [5.41, 5.74) is 6.45. The summed E-state index contributed by atoms with van der Waals surface area (Å²) in [6, 6.07) is 5.19. The number of hydrogen-bond donors (Lipinski definition) is 2. The van der Waals surface area contributed by atoms with Gasteiger partial charge in [-0.25, -0.2) is 4.39 Å². The molecular formula is C11H16FN3. The molecule has 1 heterocycles. The molecule has 1 saturated heterocycles. The Morgan fingerprint density at radius 2 is 2.07 bits per heavy atom. The summed E-state index contributed by atoms with van der Waals surface area (Å²) >= 11 is 0. The van der Waals surface area contributed by atoms with Crippen LogP contribution in [-0.4, -0.2) is 31.1 Å². The van der Waals surface area contributed by atoms with Crippen LogP contribution in [0.4, 0.5) is 10.1 Å². The van der Waals surface area contributed by atoms with Gasteiger partial charge in [-0.2, -0.15) is 0 Å². The molecule has 2 rings (SSSR count). The maximum absolute atomic E-state index is 13.6. The number of benzene rings is 1. The van der Waals surface area contributed by atoms with E-state index in [1.54, 1.807) is 18.2 Å². The van der Waals surface area contributed by atoms with Crippen LogP contribution in [0, 0.1) is 5.82 Å². The Balaban J connectivity index is 2.06. The second-order valence-electron chi connectivity index (χ2n) is 3.85. The first kappa shape index (κ1) is 10.4. The molecule has 3 N–H and O–H groups in total. The molecule has 0 bridgehead atoms. The van der Waals surface area contributed by atoms with Crippen molar-refractivity contribution in [3.8, 4) is 0 Å². The molecule has 1 fully saturated rings. The van der Waals surface area contributed by atoms with Crippen molar-refractivity contribution in [1.82, 2.24) is 10.2 Å². The third-order valence-electron chi connectivity index (χ3n) is 2.71. The van der Waals surface area contributed by atoms with E-state index >= 15 is 0 Å². The third-order valence-corrected chi connectivity index (χ3v) is 2.71. The van der Waals surface area contributed by atoms with Gasteiger partial charge < -0.3 is 11.1 Å². The summed E-state index contributed by atoms with van der Waals surface area (Å²) in [5, 5.41) is 3.27. The molecule has 0 spiro atoms. The zero-order chi connectivity index (χ0) is 10.7. The lowest BCUT2D eigenvalue weighted by atomic mass is 10.1. The summed E-state index contributed by atoms with van der Waals surface area (Å²) in [4.78, 5) is 2.23. The standard InChI is InChI=1S/C11H16FN3/c12-11-9(2-1-3-10(11)13)8-15-6-4-14-5-7-15/h1-3,14H,4-8,13H2. The van der Waals surface area contributed by atoms with Gasteiger partial charge in [0, 0.05) is 38.3 Å². The minimum Gasteiger partial charge on any atom is -0.396 e. The predicted molar refractivity (Wildman–Crippen MR) is 59.0 cm³/mol. The Morgan fingerprint density at radius 1 is 1.33 bits per heavy atom. The van der Waals surface area contributed by atoms with Crippen LogP contribution in [0.15, 0.2) is 18.2 Å². The Labute approximate surface area is 89.1 Å². The molecule has 0 amide bonds. The van der Waals surface area contributed by atoms with E-state index in [0.717, 1.165) is 26.2 Å². The molecule has 1 aromatic carbocycles. The van der Waals surface area contributed by atoms with E-state index in [9.17, 15) is 4.39 Å². The monoisotopic (exact) mass is 209 g/mol. The highest BCUT2D eigenvalue weighted by molar-refractivity contribution is 5.42. The zero-order valence-electron chi connectivity index (χ0n) is 8.67. The summed E-state index contributed by atoms with van der Waals surface area (Å²) in [7, 11) is 0. The lowest BCUT2D eigenvalue weighted by Gasteiger charge is -2.27. The molecule has 0 aliphatic carbocycles. The lowest BCUT2D eigenvalue weighted by molar-refractivity contribution is 0.230. The van der Waals surface area contributed by atoms with Gasteiger partial charge >= 0.3 is 0 Å². The van der Waals surface area contributed by atoms with Crippen molar-refractivity contribution in [2.45, 2.75) is 6.54 Å². The van der Waals surface area contributed by atoms with Gasteiger partial charge in [0.25, 0.3) is 0 Å². The van der Waals surface area contributed by atoms with Crippen LogP contribution >= 0.6 is 0 Å². The molecule has 4 heteroatoms. The van der Waals surface area contributed by atoms with Crippen molar-refractivity contribution in [2.24, 2.45) is 0 Å². The average molecular weight is 209 g/mol. The Morgan fingerprint density at radius 3 is 2.80 bits per heavy atom. The molecule has 1 aliphatic heterocycles. The van der Waals surface area contributed by atoms with Crippen LogP contribution in [0.1, 0.15) is 5.56 Å². The first-order valence-corrected chi connectivity index (χ1v) is 5.23. The number of halogens is 1. The molecule has 82 valence electrons. The van der Waals surface area contributed by atoms with Crippen molar-refractivity contribution < 1.29 is 4.39 Å². The summed E-state index contributed by atoms with van der Waals surface area (Å²) in [5.74, 6) is -0.268. The molecule has 0 saturated carbocycles. The number of piperazine rings is 1. The van der Waals surface area contributed by atoms with E-state index in [1.165, 1.54) is 0 Å². The maximum Gasteiger partial charge on any atom is 0.150 e. The fraction of sp³-hybridized carbons (Fsp3) is 0.455. The van der Waals surface area contributed by atoms with Crippen LogP contribution in [0.2, 0.25) is 0 Å². The van der Waals surface area contributed by atoms with E-state index in [0.29, 0.717) is 12.1 Å². The van der Waals surface area contributed by atoms with Crippen LogP contribution in [0.3, 0.4) is 0 Å². The second kappa shape index (κ2) is 4.59. The fourth-order valence-electron chi connectivity index (χ4n) is 1.83. The number of nitrogen functional groups attached to an aromatic ring is 1. The number of nitrogens with one attached hydrogen (secondary N) is 1. The summed E-state index contributed by atoms with van der Waals surface area (Å²) in [6.07, 6.45) is 0. The van der Waals surface area contributed by atoms with E-state index in [2.05, 4.69) is 10.2 Å². The molecule has 0 aromatic heterocycles. The molecule has 1 aliphatic rings. The molecule has 0 atom stereocenters. The topological polar surface area (TPSA) is 41.3 Å². The highest BCUT2D eigenvalue weighted by Gasteiger charge is 2.13. The van der Waals surface area contributed by atoms with E-state index in [-0.39, 0.29) is 11.5 Å². The lowest BCUT2D eigenvalue weighted by Crippen LogP contribution is -2.43. The van der Waals surface area contributed by atoms with Gasteiger partial charge in [0.05, 0.1) is 5.69 Å². The number of nitrogens with zero attached hydrogens (tertiary/aromatic N) is 1. The number of rotatable bonds is 2. The van der Waals surface area contributed by atoms with Crippen LogP contribution in [0.5, 0.6) is 0 Å². The minimum atomic E-state index is -0.268. The number of nitrogens with two attached hydrogens (primary N) is 1. The Kier molecular flexibility index (Phi) is 3.18. The molecule has 0 radical (unpaired) electrons. The quantitative estimate of drug-likeness (QED) is 0.708. The first-order valence-electron chi connectivity index (χ1n) is 5.23. The molecule has 15 heavy (non-hydrogen) atoms. The van der Waals surface area contributed by atoms with Crippen LogP contribution in [0.25, 0.3) is 0 Å². The zero-order valence-corrected chi connectivity index (χ0v) is 8.67. The Bertz CT molecular complexity index is 335. The summed E-state index contributed by atoms with van der Waals surface area (Å²) in [6.45, 7) is 4.54. The van der Waals surface area contributed by atoms with E-state index < -0.39 is 0 Å². The minimum absolute atomic E-state index is 0.239. The van der Waals surface area contributed by atoms with Gasteiger partial charge in [0.2, 0.25) is 0 Å². The van der Waals surface area contributed by atoms with Crippen molar-refractivity contribution in [1.29, 1.82) is 0 Å². The maximum atomic E-state index is 13.6. The van der Waals surface area contributed by atoms with Gasteiger partial charge in [0.1, 0.15) is 0 Å². The van der Waals surface area contributed by atoms with Crippen LogP contribution in [-0.2, 0) is 6.54 Å². The Hall–Kier alpha value is -1.13. The predicted octanol–water partition coefficient (Wildman–Crippen LogP) is 0.813. The molecule has 3 nitrogen and oxygen atoms in total. The van der Waals surface area contributed by atoms with E-state index in [1.807, 2.05) is 0 Å². The smallest absolute Gasteiger partial charge is 0.150 e. The third kappa shape index (κ3) is 2.46. The largest absolute Gasteiger partial charge is 0.396 e. The SMILES string of the molecule is Nc1cccc(CN2CCNCC2)c1F. The molecular weight excluding hydrogens is 193 g/mol. The van der Waals surface area contributed by atoms with Gasteiger partial charge in [-0.05, 0) is 6.07 Å². The highest BCUT2D eigenvalue weighted by Crippen LogP contribution is 2.16. The van der Waals surface area contributed by atoms with Crippen molar-refractivity contribution in [3.05, 3.63) is 29.6 Å². The van der Waals surface area contributed by atoms with Crippen molar-refractivity contribution in [2.75, 3.05) is 31.9 Å². The van der Waals surface area contributed by atoms with Crippen molar-refractivity contribution in [3.63, 3.8) is 0 Å². The fourth-order valence-corrected chi connectivity index (χ4v) is 1.83. The van der Waals surface area contributed by atoms with Gasteiger partial charge in [0.15, 0.2) is 5.82 Å². The number of hydrogen-bond acceptors (Lipinski definition) is 3. The van der Waals surface area contributed by atoms with Gasteiger partial charge in [-0.3, -0.25) is 4.90 Å². The van der Waals surface area contributed by atoms with Gasteiger partial charge in [-0.1, -0.05) is 12.1 Å². The molecule has 1 aromatic rings. The average Bonchev–Trinajstić information content (AvgIpc) is 2.26. The van der Waals surface area contributed by atoms with Crippen molar-refractivity contribution >= 4 is 5.69 Å². The van der Waals surface area contributed by atoms with E-state index in [4.69, 9.17) is 5.73 Å². The summed E-state index contributed by atoms with van der Waals surface area (Å²) < 4.78 is 13.6. The highest BCUT2D eigenvalue weighted by atomic mass is 19.1. The molecule has 0 unspecified atom stereocenters. The second-order valence-corrected chi connectivity index (χ2v) is 3.85. The normalized spacial score (nSPS) is 17.9.